The lowest BCUT2D eigenvalue weighted by molar-refractivity contribution is -0.886. The van der Waals surface area contributed by atoms with Crippen LogP contribution in [0.1, 0.15) is 30.4 Å². The molecule has 1 aromatic rings. The van der Waals surface area contributed by atoms with Gasteiger partial charge >= 0.3 is 6.09 Å². The van der Waals surface area contributed by atoms with E-state index in [1.165, 1.54) is 11.1 Å². The standard InChI is InChI=1S/C16H22N2O2/c1-4-20-16(19)18-14-6-5-11(2)9-12(14)13-10-17(3)8-7-15(13)18/h5-6,9,13,15H,4,7-8,10H2,1-3H3/p+1/t13-,15+/m0/s1. The first-order valence-corrected chi connectivity index (χ1v) is 7.49. The second-order valence-corrected chi connectivity index (χ2v) is 6.00. The van der Waals surface area contributed by atoms with Crippen molar-refractivity contribution in [2.24, 2.45) is 0 Å². The highest BCUT2D eigenvalue weighted by Crippen LogP contribution is 2.43. The lowest BCUT2D eigenvalue weighted by Gasteiger charge is -2.33. The van der Waals surface area contributed by atoms with Gasteiger partial charge in [-0.2, -0.15) is 0 Å². The summed E-state index contributed by atoms with van der Waals surface area (Å²) in [5.74, 6) is 0.447. The zero-order chi connectivity index (χ0) is 14.3. The Morgan fingerprint density at radius 2 is 2.30 bits per heavy atom. The third-order valence-electron chi connectivity index (χ3n) is 4.54. The van der Waals surface area contributed by atoms with Crippen LogP contribution in [0.3, 0.4) is 0 Å². The number of fused-ring (bicyclic) bond motifs is 3. The molecule has 3 atom stereocenters. The molecule has 0 aromatic heterocycles. The minimum Gasteiger partial charge on any atom is -0.449 e. The van der Waals surface area contributed by atoms with Crippen LogP contribution in [-0.2, 0) is 4.74 Å². The fraction of sp³-hybridized carbons (Fsp3) is 0.562. The van der Waals surface area contributed by atoms with E-state index in [1.807, 2.05) is 11.8 Å². The number of nitrogens with one attached hydrogen (secondary N) is 1. The third kappa shape index (κ3) is 2.08. The molecule has 1 aromatic carbocycles. The number of carbonyl (C=O) groups is 1. The molecule has 4 heteroatoms. The van der Waals surface area contributed by atoms with Crippen LogP contribution in [0, 0.1) is 6.92 Å². The topological polar surface area (TPSA) is 34.0 Å². The Hall–Kier alpha value is -1.55. The van der Waals surface area contributed by atoms with Crippen LogP contribution < -0.4 is 9.80 Å². The number of likely N-dealkylation sites (N-methyl/N-ethyl adjacent to an activating group) is 1. The molecule has 4 nitrogen and oxygen atoms in total. The summed E-state index contributed by atoms with van der Waals surface area (Å²) in [6.45, 7) is 6.61. The number of anilines is 1. The number of aryl methyl sites for hydroxylation is 1. The summed E-state index contributed by atoms with van der Waals surface area (Å²) in [6, 6.07) is 6.67. The molecule has 0 spiro atoms. The molecular weight excluding hydrogens is 252 g/mol. The maximum absolute atomic E-state index is 12.3. The van der Waals surface area contributed by atoms with Crippen LogP contribution >= 0.6 is 0 Å². The molecule has 1 fully saturated rings. The molecule has 108 valence electrons. The number of rotatable bonds is 1. The Bertz CT molecular complexity index is 529. The van der Waals surface area contributed by atoms with Crippen LogP contribution in [0.2, 0.25) is 0 Å². The normalized spacial score (nSPS) is 27.9. The van der Waals surface area contributed by atoms with E-state index in [-0.39, 0.29) is 12.1 Å². The van der Waals surface area contributed by atoms with Gasteiger partial charge in [0.1, 0.15) is 0 Å². The quantitative estimate of drug-likeness (QED) is 0.839. The number of benzene rings is 1. The number of ether oxygens (including phenoxy) is 1. The summed E-state index contributed by atoms with van der Waals surface area (Å²) in [6.07, 6.45) is 0.855. The molecule has 1 saturated heterocycles. The SMILES string of the molecule is CCOC(=O)N1c2ccc(C)cc2[C@@H]2C[NH+](C)CC[C@H]21. The minimum atomic E-state index is -0.190. The van der Waals surface area contributed by atoms with Gasteiger partial charge in [-0.3, -0.25) is 4.90 Å². The van der Waals surface area contributed by atoms with Crippen molar-refractivity contribution in [3.63, 3.8) is 0 Å². The van der Waals surface area contributed by atoms with Crippen molar-refractivity contribution in [3.05, 3.63) is 29.3 Å². The first-order chi connectivity index (χ1) is 9.61. The van der Waals surface area contributed by atoms with Gasteiger partial charge in [0.25, 0.3) is 0 Å². The van der Waals surface area contributed by atoms with E-state index in [0.717, 1.165) is 25.2 Å². The van der Waals surface area contributed by atoms with E-state index < -0.39 is 0 Å². The molecule has 3 rings (SSSR count). The van der Waals surface area contributed by atoms with Crippen LogP contribution in [0.15, 0.2) is 18.2 Å². The van der Waals surface area contributed by atoms with Crippen LogP contribution in [0.4, 0.5) is 10.5 Å². The summed E-state index contributed by atoms with van der Waals surface area (Å²) in [4.78, 5) is 15.8. The average Bonchev–Trinajstić information content (AvgIpc) is 2.72. The predicted octanol–water partition coefficient (Wildman–Crippen LogP) is 1.34. The van der Waals surface area contributed by atoms with Crippen molar-refractivity contribution in [2.75, 3.05) is 31.6 Å². The third-order valence-corrected chi connectivity index (χ3v) is 4.54. The van der Waals surface area contributed by atoms with Crippen LogP contribution in [0.25, 0.3) is 0 Å². The van der Waals surface area contributed by atoms with Crippen LogP contribution in [0.5, 0.6) is 0 Å². The van der Waals surface area contributed by atoms with Crippen molar-refractivity contribution in [2.45, 2.75) is 32.2 Å². The van der Waals surface area contributed by atoms with E-state index in [9.17, 15) is 4.79 Å². The number of likely N-dealkylation sites (tertiary alicyclic amines) is 1. The number of nitrogens with zero attached hydrogens (tertiary/aromatic N) is 1. The maximum Gasteiger partial charge on any atom is 0.414 e. The van der Waals surface area contributed by atoms with Gasteiger partial charge in [0.05, 0.1) is 44.4 Å². The summed E-state index contributed by atoms with van der Waals surface area (Å²) >= 11 is 0. The van der Waals surface area contributed by atoms with Crippen molar-refractivity contribution in [1.29, 1.82) is 0 Å². The Morgan fingerprint density at radius 1 is 1.50 bits per heavy atom. The number of quaternary nitrogens is 1. The van der Waals surface area contributed by atoms with Gasteiger partial charge in [-0.25, -0.2) is 4.79 Å². The molecule has 1 amide bonds. The fourth-order valence-corrected chi connectivity index (χ4v) is 3.63. The second kappa shape index (κ2) is 5.09. The van der Waals surface area contributed by atoms with E-state index >= 15 is 0 Å². The second-order valence-electron chi connectivity index (χ2n) is 6.00. The highest BCUT2D eigenvalue weighted by atomic mass is 16.6. The Labute approximate surface area is 120 Å². The van der Waals surface area contributed by atoms with Gasteiger partial charge in [-0.05, 0) is 25.5 Å². The maximum atomic E-state index is 12.3. The van der Waals surface area contributed by atoms with Gasteiger partial charge in [0.15, 0.2) is 0 Å². The first-order valence-electron chi connectivity index (χ1n) is 7.49. The van der Waals surface area contributed by atoms with Gasteiger partial charge in [-0.15, -0.1) is 0 Å². The van der Waals surface area contributed by atoms with Crippen molar-refractivity contribution >= 4 is 11.8 Å². The molecular formula is C16H23N2O2+. The number of carbonyl (C=O) groups excluding carboxylic acids is 1. The van der Waals surface area contributed by atoms with Crippen LogP contribution in [-0.4, -0.2) is 38.9 Å². The van der Waals surface area contributed by atoms with Gasteiger partial charge < -0.3 is 9.64 Å². The smallest absolute Gasteiger partial charge is 0.414 e. The average molecular weight is 275 g/mol. The molecule has 1 unspecified atom stereocenters. The van der Waals surface area contributed by atoms with E-state index in [4.69, 9.17) is 4.74 Å². The molecule has 1 N–H and O–H groups in total. The lowest BCUT2D eigenvalue weighted by atomic mass is 9.89. The number of piperidine rings is 1. The molecule has 2 heterocycles. The predicted molar refractivity (Wildman–Crippen MR) is 78.4 cm³/mol. The molecule has 0 bridgehead atoms. The lowest BCUT2D eigenvalue weighted by Crippen LogP contribution is -3.11. The van der Waals surface area contributed by atoms with Crippen molar-refractivity contribution in [1.82, 2.24) is 0 Å². The van der Waals surface area contributed by atoms with E-state index in [2.05, 4.69) is 32.2 Å². The van der Waals surface area contributed by atoms with Crippen molar-refractivity contribution < 1.29 is 14.4 Å². The molecule has 2 aliphatic rings. The molecule has 2 aliphatic heterocycles. The molecule has 0 saturated carbocycles. The molecule has 0 radical (unpaired) electrons. The Balaban J connectivity index is 2.01. The summed E-state index contributed by atoms with van der Waals surface area (Å²) in [5, 5.41) is 0. The summed E-state index contributed by atoms with van der Waals surface area (Å²) in [7, 11) is 2.23. The number of hydrogen-bond donors (Lipinski definition) is 1. The zero-order valence-corrected chi connectivity index (χ0v) is 12.5. The highest BCUT2D eigenvalue weighted by Gasteiger charge is 2.46. The van der Waals surface area contributed by atoms with E-state index in [1.54, 1.807) is 4.90 Å². The largest absolute Gasteiger partial charge is 0.449 e. The van der Waals surface area contributed by atoms with Gasteiger partial charge in [0, 0.05) is 6.42 Å². The first kappa shape index (κ1) is 13.4. The zero-order valence-electron chi connectivity index (χ0n) is 12.5. The highest BCUT2D eigenvalue weighted by molar-refractivity contribution is 5.92. The van der Waals surface area contributed by atoms with Gasteiger partial charge in [-0.1, -0.05) is 17.7 Å². The Morgan fingerprint density at radius 3 is 3.05 bits per heavy atom. The summed E-state index contributed by atoms with van der Waals surface area (Å²) < 4.78 is 5.27. The number of hydrogen-bond acceptors (Lipinski definition) is 2. The van der Waals surface area contributed by atoms with E-state index in [0.29, 0.717) is 12.5 Å². The molecule has 0 aliphatic carbocycles. The number of amides is 1. The van der Waals surface area contributed by atoms with Crippen molar-refractivity contribution in [3.8, 4) is 0 Å². The summed E-state index contributed by atoms with van der Waals surface area (Å²) in [5.41, 5.74) is 3.64. The molecule has 20 heavy (non-hydrogen) atoms. The van der Waals surface area contributed by atoms with Gasteiger partial charge in [0.2, 0.25) is 0 Å². The minimum absolute atomic E-state index is 0.190. The fourth-order valence-electron chi connectivity index (χ4n) is 3.63. The Kier molecular flexibility index (Phi) is 3.42. The monoisotopic (exact) mass is 275 g/mol.